The highest BCUT2D eigenvalue weighted by atomic mass is 16.5. The predicted molar refractivity (Wildman–Crippen MR) is 97.1 cm³/mol. The lowest BCUT2D eigenvalue weighted by molar-refractivity contribution is 0.482. The van der Waals surface area contributed by atoms with Crippen LogP contribution in [-0.4, -0.2) is 7.05 Å². The number of benzene rings is 2. The Morgan fingerprint density at radius 2 is 0.762 bits per heavy atom. The largest absolute Gasteiger partial charge is 0.457 e. The van der Waals surface area contributed by atoms with Gasteiger partial charge in [-0.05, 0) is 31.3 Å². The molecule has 0 bridgehead atoms. The van der Waals surface area contributed by atoms with Crippen molar-refractivity contribution < 1.29 is 4.74 Å². The Kier molecular flexibility index (Phi) is 26.9. The molecule has 0 radical (unpaired) electrons. The molecular weight excluding hydrogens is 258 g/mol. The predicted octanol–water partition coefficient (Wildman–Crippen LogP) is 6.13. The molecule has 0 aliphatic heterocycles. The van der Waals surface area contributed by atoms with Crippen molar-refractivity contribution in [1.82, 2.24) is 0 Å². The van der Waals surface area contributed by atoms with E-state index in [-0.39, 0.29) is 0 Å². The van der Waals surface area contributed by atoms with E-state index in [0.29, 0.717) is 0 Å². The minimum absolute atomic E-state index is 0.869. The summed E-state index contributed by atoms with van der Waals surface area (Å²) in [7, 11) is 1.50. The summed E-state index contributed by atoms with van der Waals surface area (Å²) in [6, 6.07) is 19.5. The molecule has 0 unspecified atom stereocenters. The molecule has 2 aromatic rings. The summed E-state index contributed by atoms with van der Waals surface area (Å²) in [5.74, 6) is 1.74. The van der Waals surface area contributed by atoms with Crippen molar-refractivity contribution in [2.75, 3.05) is 7.05 Å². The van der Waals surface area contributed by atoms with Crippen LogP contribution in [0.1, 0.15) is 41.5 Å². The Hall–Kier alpha value is -1.80. The second-order valence-corrected chi connectivity index (χ2v) is 2.73. The Bertz CT molecular complexity index is 322. The molecule has 0 aromatic heterocycles. The fourth-order valence-corrected chi connectivity index (χ4v) is 1.11. The molecule has 2 nitrogen and oxygen atoms in total. The maximum absolute atomic E-state index is 5.58. The summed E-state index contributed by atoms with van der Waals surface area (Å²) in [4.78, 5) is 0. The second-order valence-electron chi connectivity index (χ2n) is 2.73. The van der Waals surface area contributed by atoms with Crippen molar-refractivity contribution in [3.05, 3.63) is 60.7 Å². The Morgan fingerprint density at radius 1 is 0.524 bits per heavy atom. The smallest absolute Gasteiger partial charge is 0.127 e. The second kappa shape index (κ2) is 23.3. The lowest BCUT2D eigenvalue weighted by Crippen LogP contribution is -1.81. The van der Waals surface area contributed by atoms with Gasteiger partial charge >= 0.3 is 0 Å². The van der Waals surface area contributed by atoms with Crippen LogP contribution in [0.25, 0.3) is 0 Å². The molecule has 120 valence electrons. The van der Waals surface area contributed by atoms with Crippen LogP contribution in [0.4, 0.5) is 0 Å². The molecule has 0 aliphatic rings. The van der Waals surface area contributed by atoms with E-state index in [1.54, 1.807) is 0 Å². The number of rotatable bonds is 2. The molecule has 21 heavy (non-hydrogen) atoms. The molecule has 0 atom stereocenters. The van der Waals surface area contributed by atoms with E-state index in [2.05, 4.69) is 5.73 Å². The third-order valence-electron chi connectivity index (χ3n) is 1.72. The lowest BCUT2D eigenvalue weighted by Gasteiger charge is -2.03. The SMILES string of the molecule is CC.CC.CC.CN.c1ccc(Oc2ccccc2)cc1. The van der Waals surface area contributed by atoms with E-state index in [0.717, 1.165) is 11.5 Å². The molecule has 0 fully saturated rings. The monoisotopic (exact) mass is 291 g/mol. The molecule has 0 heterocycles. The van der Waals surface area contributed by atoms with Crippen LogP contribution in [0.5, 0.6) is 11.5 Å². The van der Waals surface area contributed by atoms with Gasteiger partial charge in [-0.25, -0.2) is 0 Å². The number of ether oxygens (including phenoxy) is 1. The van der Waals surface area contributed by atoms with Gasteiger partial charge in [0.15, 0.2) is 0 Å². The van der Waals surface area contributed by atoms with E-state index in [9.17, 15) is 0 Å². The Balaban J connectivity index is -0.000000353. The van der Waals surface area contributed by atoms with Crippen LogP contribution in [-0.2, 0) is 0 Å². The lowest BCUT2D eigenvalue weighted by atomic mass is 10.3. The van der Waals surface area contributed by atoms with Crippen molar-refractivity contribution in [1.29, 1.82) is 0 Å². The van der Waals surface area contributed by atoms with Crippen LogP contribution in [0.3, 0.4) is 0 Å². The average Bonchev–Trinajstić information content (AvgIpc) is 2.64. The van der Waals surface area contributed by atoms with Gasteiger partial charge in [-0.3, -0.25) is 0 Å². The van der Waals surface area contributed by atoms with E-state index >= 15 is 0 Å². The van der Waals surface area contributed by atoms with Gasteiger partial charge in [0.1, 0.15) is 11.5 Å². The quantitative estimate of drug-likeness (QED) is 0.722. The van der Waals surface area contributed by atoms with Crippen molar-refractivity contribution in [3.63, 3.8) is 0 Å². The summed E-state index contributed by atoms with van der Waals surface area (Å²) < 4.78 is 5.58. The third kappa shape index (κ3) is 14.4. The van der Waals surface area contributed by atoms with E-state index in [4.69, 9.17) is 4.74 Å². The zero-order valence-corrected chi connectivity index (χ0v) is 14.8. The van der Waals surface area contributed by atoms with Crippen molar-refractivity contribution in [2.45, 2.75) is 41.5 Å². The van der Waals surface area contributed by atoms with E-state index < -0.39 is 0 Å². The summed E-state index contributed by atoms with van der Waals surface area (Å²) in [5, 5.41) is 0. The summed E-state index contributed by atoms with van der Waals surface area (Å²) in [6.07, 6.45) is 0. The Labute approximate surface area is 132 Å². The van der Waals surface area contributed by atoms with Crippen molar-refractivity contribution in [2.24, 2.45) is 5.73 Å². The zero-order valence-electron chi connectivity index (χ0n) is 14.8. The van der Waals surface area contributed by atoms with Gasteiger partial charge in [-0.15, -0.1) is 0 Å². The van der Waals surface area contributed by atoms with Crippen LogP contribution in [0, 0.1) is 0 Å². The number of nitrogens with two attached hydrogens (primary N) is 1. The highest BCUT2D eigenvalue weighted by Gasteiger charge is 1.92. The Morgan fingerprint density at radius 3 is 1.00 bits per heavy atom. The van der Waals surface area contributed by atoms with Gasteiger partial charge < -0.3 is 10.5 Å². The van der Waals surface area contributed by atoms with Crippen molar-refractivity contribution in [3.8, 4) is 11.5 Å². The van der Waals surface area contributed by atoms with Crippen LogP contribution in [0.15, 0.2) is 60.7 Å². The maximum Gasteiger partial charge on any atom is 0.127 e. The minimum atomic E-state index is 0.869. The fraction of sp³-hybridized carbons (Fsp3) is 0.368. The number of hydrogen-bond donors (Lipinski definition) is 1. The molecule has 0 saturated carbocycles. The van der Waals surface area contributed by atoms with Gasteiger partial charge in [0.05, 0.1) is 0 Å². The van der Waals surface area contributed by atoms with Gasteiger partial charge in [-0.1, -0.05) is 77.9 Å². The summed E-state index contributed by atoms with van der Waals surface area (Å²) >= 11 is 0. The van der Waals surface area contributed by atoms with Crippen LogP contribution in [0.2, 0.25) is 0 Å². The fourth-order valence-electron chi connectivity index (χ4n) is 1.11. The molecule has 2 N–H and O–H groups in total. The highest BCUT2D eigenvalue weighted by molar-refractivity contribution is 5.30. The number of hydrogen-bond acceptors (Lipinski definition) is 2. The van der Waals surface area contributed by atoms with Gasteiger partial charge in [-0.2, -0.15) is 0 Å². The molecule has 2 heteroatoms. The first-order valence-electron chi connectivity index (χ1n) is 7.81. The molecule has 2 aromatic carbocycles. The molecule has 0 spiro atoms. The van der Waals surface area contributed by atoms with Crippen LogP contribution < -0.4 is 10.5 Å². The molecule has 2 rings (SSSR count). The first-order chi connectivity index (χ1) is 10.4. The standard InChI is InChI=1S/C12H10O.3C2H6.CH5N/c1-3-7-11(8-4-1)13-12-9-5-2-6-10-12;4*1-2/h1-10H;3*1-2H3;2H2,1H3. The third-order valence-corrected chi connectivity index (χ3v) is 1.72. The minimum Gasteiger partial charge on any atom is -0.457 e. The van der Waals surface area contributed by atoms with Gasteiger partial charge in [0.2, 0.25) is 0 Å². The summed E-state index contributed by atoms with van der Waals surface area (Å²) in [5.41, 5.74) is 4.50. The molecule has 0 amide bonds. The number of para-hydroxylation sites is 2. The average molecular weight is 291 g/mol. The van der Waals surface area contributed by atoms with Crippen molar-refractivity contribution >= 4 is 0 Å². The maximum atomic E-state index is 5.58. The van der Waals surface area contributed by atoms with E-state index in [1.807, 2.05) is 102 Å². The molecule has 0 saturated heterocycles. The first-order valence-corrected chi connectivity index (χ1v) is 7.81. The molecule has 0 aliphatic carbocycles. The van der Waals surface area contributed by atoms with Crippen LogP contribution >= 0.6 is 0 Å². The topological polar surface area (TPSA) is 35.2 Å². The van der Waals surface area contributed by atoms with Gasteiger partial charge in [0.25, 0.3) is 0 Å². The normalized spacial score (nSPS) is 7.05. The summed E-state index contributed by atoms with van der Waals surface area (Å²) in [6.45, 7) is 12.0. The zero-order chi connectivity index (χ0) is 16.9. The van der Waals surface area contributed by atoms with Gasteiger partial charge in [0, 0.05) is 0 Å². The van der Waals surface area contributed by atoms with E-state index in [1.165, 1.54) is 7.05 Å². The first kappa shape index (κ1) is 24.2. The molecular formula is C19H33NO. The highest BCUT2D eigenvalue weighted by Crippen LogP contribution is 2.19.